The largest absolute Gasteiger partial charge is 0.459 e. The van der Waals surface area contributed by atoms with Gasteiger partial charge in [-0.15, -0.1) is 0 Å². The third kappa shape index (κ3) is 3.71. The van der Waals surface area contributed by atoms with Crippen LogP contribution in [-0.2, 0) is 13.1 Å². The standard InChI is InChI=1S/C22H19N3O3/c1-15-6-7-19-17(10-15)11-18(21(26)24-19)14-25(13-16-4-2-8-23-12-16)22(27)20-5-3-9-28-20/h2-12H,13-14H2,1H3,(H,24,26). The highest BCUT2D eigenvalue weighted by Crippen LogP contribution is 2.17. The fourth-order valence-corrected chi connectivity index (χ4v) is 3.16. The Hall–Kier alpha value is -3.67. The quantitative estimate of drug-likeness (QED) is 0.579. The van der Waals surface area contributed by atoms with E-state index in [2.05, 4.69) is 9.97 Å². The van der Waals surface area contributed by atoms with Gasteiger partial charge < -0.3 is 14.3 Å². The first-order chi connectivity index (χ1) is 13.6. The van der Waals surface area contributed by atoms with Crippen LogP contribution < -0.4 is 5.56 Å². The Labute approximate surface area is 161 Å². The average Bonchev–Trinajstić information content (AvgIpc) is 3.23. The molecule has 4 rings (SSSR count). The van der Waals surface area contributed by atoms with E-state index in [0.717, 1.165) is 22.0 Å². The zero-order valence-corrected chi connectivity index (χ0v) is 15.4. The second-order valence-electron chi connectivity index (χ2n) is 6.71. The average molecular weight is 373 g/mol. The van der Waals surface area contributed by atoms with Gasteiger partial charge in [0.15, 0.2) is 5.76 Å². The molecule has 0 fully saturated rings. The number of furan rings is 1. The molecule has 6 nitrogen and oxygen atoms in total. The highest BCUT2D eigenvalue weighted by atomic mass is 16.3. The van der Waals surface area contributed by atoms with Crippen LogP contribution in [0.2, 0.25) is 0 Å². The Bertz CT molecular complexity index is 1160. The molecule has 0 bridgehead atoms. The number of pyridine rings is 2. The monoisotopic (exact) mass is 373 g/mol. The van der Waals surface area contributed by atoms with Gasteiger partial charge in [-0.1, -0.05) is 17.7 Å². The second-order valence-corrected chi connectivity index (χ2v) is 6.71. The SMILES string of the molecule is Cc1ccc2[nH]c(=O)c(CN(Cc3cccnc3)C(=O)c3ccco3)cc2c1. The van der Waals surface area contributed by atoms with Crippen molar-refractivity contribution < 1.29 is 9.21 Å². The van der Waals surface area contributed by atoms with Gasteiger partial charge in [0.2, 0.25) is 0 Å². The maximum atomic E-state index is 12.9. The molecule has 0 unspecified atom stereocenters. The summed E-state index contributed by atoms with van der Waals surface area (Å²) < 4.78 is 5.28. The number of fused-ring (bicyclic) bond motifs is 1. The lowest BCUT2D eigenvalue weighted by Gasteiger charge is -2.21. The van der Waals surface area contributed by atoms with Gasteiger partial charge in [-0.2, -0.15) is 0 Å². The molecule has 0 aliphatic carbocycles. The summed E-state index contributed by atoms with van der Waals surface area (Å²) in [5, 5.41) is 0.932. The molecule has 140 valence electrons. The number of carbonyl (C=O) groups excluding carboxylic acids is 1. The normalized spacial score (nSPS) is 10.9. The summed E-state index contributed by atoms with van der Waals surface area (Å²) in [5.74, 6) is -0.0467. The van der Waals surface area contributed by atoms with Crippen molar-refractivity contribution in [1.29, 1.82) is 0 Å². The van der Waals surface area contributed by atoms with Crippen molar-refractivity contribution in [2.24, 2.45) is 0 Å². The number of carbonyl (C=O) groups is 1. The van der Waals surface area contributed by atoms with Gasteiger partial charge in [-0.25, -0.2) is 0 Å². The fraction of sp³-hybridized carbons (Fsp3) is 0.136. The maximum absolute atomic E-state index is 12.9. The summed E-state index contributed by atoms with van der Waals surface area (Å²) >= 11 is 0. The summed E-state index contributed by atoms with van der Waals surface area (Å²) in [4.78, 5) is 34.1. The molecule has 6 heteroatoms. The van der Waals surface area contributed by atoms with Crippen molar-refractivity contribution in [1.82, 2.24) is 14.9 Å². The number of amides is 1. The van der Waals surface area contributed by atoms with Gasteiger partial charge in [0.25, 0.3) is 11.5 Å². The zero-order valence-electron chi connectivity index (χ0n) is 15.4. The Balaban J connectivity index is 1.70. The molecule has 0 aliphatic heterocycles. The van der Waals surface area contributed by atoms with Gasteiger partial charge in [0.05, 0.1) is 12.8 Å². The van der Waals surface area contributed by atoms with Gasteiger partial charge in [-0.05, 0) is 54.3 Å². The van der Waals surface area contributed by atoms with Crippen LogP contribution >= 0.6 is 0 Å². The number of benzene rings is 1. The van der Waals surface area contributed by atoms with E-state index in [1.54, 1.807) is 29.4 Å². The maximum Gasteiger partial charge on any atom is 0.290 e. The van der Waals surface area contributed by atoms with Crippen LogP contribution in [0.15, 0.2) is 76.4 Å². The van der Waals surface area contributed by atoms with Crippen LogP contribution in [0.1, 0.15) is 27.2 Å². The minimum absolute atomic E-state index is 0.160. The molecule has 0 radical (unpaired) electrons. The van der Waals surface area contributed by atoms with E-state index in [-0.39, 0.29) is 23.8 Å². The van der Waals surface area contributed by atoms with Crippen LogP contribution in [-0.4, -0.2) is 20.8 Å². The van der Waals surface area contributed by atoms with Crippen molar-refractivity contribution >= 4 is 16.8 Å². The van der Waals surface area contributed by atoms with Gasteiger partial charge in [-0.3, -0.25) is 14.6 Å². The Morgan fingerprint density at radius 1 is 1.14 bits per heavy atom. The fourth-order valence-electron chi connectivity index (χ4n) is 3.16. The van der Waals surface area contributed by atoms with Crippen LogP contribution in [0.3, 0.4) is 0 Å². The number of hydrogen-bond donors (Lipinski definition) is 1. The predicted molar refractivity (Wildman–Crippen MR) is 106 cm³/mol. The Morgan fingerprint density at radius 2 is 2.04 bits per heavy atom. The topological polar surface area (TPSA) is 79.2 Å². The Kier molecular flexibility index (Phi) is 4.76. The number of rotatable bonds is 5. The minimum atomic E-state index is -0.280. The first-order valence-electron chi connectivity index (χ1n) is 8.94. The number of H-pyrrole nitrogens is 1. The van der Waals surface area contributed by atoms with Crippen molar-refractivity contribution in [3.8, 4) is 0 Å². The molecular formula is C22H19N3O3. The zero-order chi connectivity index (χ0) is 19.5. The first-order valence-corrected chi connectivity index (χ1v) is 8.94. The number of nitrogens with one attached hydrogen (secondary N) is 1. The summed E-state index contributed by atoms with van der Waals surface area (Å²) in [5.41, 5.74) is 3.05. The van der Waals surface area contributed by atoms with Crippen LogP contribution in [0, 0.1) is 6.92 Å². The predicted octanol–water partition coefficient (Wildman–Crippen LogP) is 3.67. The van der Waals surface area contributed by atoms with Gasteiger partial charge in [0, 0.05) is 30.0 Å². The lowest BCUT2D eigenvalue weighted by molar-refractivity contribution is 0.0697. The van der Waals surface area contributed by atoms with E-state index < -0.39 is 0 Å². The lowest BCUT2D eigenvalue weighted by Crippen LogP contribution is -2.32. The lowest BCUT2D eigenvalue weighted by atomic mass is 10.1. The molecule has 0 saturated heterocycles. The van der Waals surface area contributed by atoms with E-state index in [9.17, 15) is 9.59 Å². The van der Waals surface area contributed by atoms with Gasteiger partial charge in [0.1, 0.15) is 0 Å². The molecule has 0 saturated carbocycles. The summed E-state index contributed by atoms with van der Waals surface area (Å²) in [6.07, 6.45) is 4.84. The second kappa shape index (κ2) is 7.52. The van der Waals surface area contributed by atoms with E-state index in [1.165, 1.54) is 6.26 Å². The molecule has 28 heavy (non-hydrogen) atoms. The third-order valence-electron chi connectivity index (χ3n) is 4.55. The number of aromatic amines is 1. The van der Waals surface area contributed by atoms with Gasteiger partial charge >= 0.3 is 0 Å². The van der Waals surface area contributed by atoms with Crippen LogP contribution in [0.5, 0.6) is 0 Å². The number of nitrogens with zero attached hydrogens (tertiary/aromatic N) is 2. The van der Waals surface area contributed by atoms with E-state index in [4.69, 9.17) is 4.42 Å². The molecule has 0 atom stereocenters. The molecule has 0 spiro atoms. The summed E-state index contributed by atoms with van der Waals surface area (Å²) in [6.45, 7) is 2.48. The highest BCUT2D eigenvalue weighted by molar-refractivity contribution is 5.91. The van der Waals surface area contributed by atoms with Crippen molar-refractivity contribution in [2.45, 2.75) is 20.0 Å². The smallest absolute Gasteiger partial charge is 0.290 e. The van der Waals surface area contributed by atoms with Crippen LogP contribution in [0.25, 0.3) is 10.9 Å². The van der Waals surface area contributed by atoms with E-state index in [0.29, 0.717) is 12.1 Å². The molecule has 0 aliphatic rings. The number of aromatic nitrogens is 2. The molecule has 1 N–H and O–H groups in total. The van der Waals surface area contributed by atoms with Crippen molar-refractivity contribution in [3.63, 3.8) is 0 Å². The molecule has 1 amide bonds. The minimum Gasteiger partial charge on any atom is -0.459 e. The number of hydrogen-bond acceptors (Lipinski definition) is 4. The van der Waals surface area contributed by atoms with Crippen molar-refractivity contribution in [2.75, 3.05) is 0 Å². The molecule has 1 aromatic carbocycles. The van der Waals surface area contributed by atoms with Crippen LogP contribution in [0.4, 0.5) is 0 Å². The van der Waals surface area contributed by atoms with E-state index >= 15 is 0 Å². The van der Waals surface area contributed by atoms with E-state index in [1.807, 2.05) is 43.3 Å². The molecular weight excluding hydrogens is 354 g/mol. The molecule has 3 aromatic heterocycles. The molecule has 4 aromatic rings. The highest BCUT2D eigenvalue weighted by Gasteiger charge is 2.20. The molecule has 3 heterocycles. The third-order valence-corrected chi connectivity index (χ3v) is 4.55. The summed E-state index contributed by atoms with van der Waals surface area (Å²) in [7, 11) is 0. The first kappa shape index (κ1) is 17.7. The van der Waals surface area contributed by atoms with Crippen molar-refractivity contribution in [3.05, 3.63) is 100.0 Å². The summed E-state index contributed by atoms with van der Waals surface area (Å²) in [6, 6.07) is 14.7. The number of aryl methyl sites for hydroxylation is 1. The Morgan fingerprint density at radius 3 is 2.79 bits per heavy atom.